The van der Waals surface area contributed by atoms with E-state index in [1.165, 1.54) is 0 Å². The summed E-state index contributed by atoms with van der Waals surface area (Å²) in [5.74, 6) is 0. The molecule has 0 spiro atoms. The molecule has 0 saturated carbocycles. The maximum absolute atomic E-state index is 5.57. The molecule has 1 N–H and O–H groups in total. The first-order chi connectivity index (χ1) is 5.29. The monoisotopic (exact) mass is 167 g/mol. The summed E-state index contributed by atoms with van der Waals surface area (Å²) >= 11 is 5.57. The summed E-state index contributed by atoms with van der Waals surface area (Å²) < 4.78 is 0. The van der Waals surface area contributed by atoms with Gasteiger partial charge in [-0.1, -0.05) is 36.4 Å². The Kier molecular flexibility index (Phi) is 2.99. The summed E-state index contributed by atoms with van der Waals surface area (Å²) in [5.41, 5.74) is 1.06. The quantitative estimate of drug-likeness (QED) is 0.730. The normalized spacial score (nSPS) is 9.18. The lowest BCUT2D eigenvalue weighted by atomic mass is 10.3. The molecule has 0 atom stereocenters. The van der Waals surface area contributed by atoms with E-state index in [0.29, 0.717) is 11.6 Å². The Morgan fingerprint density at radius 3 is 2.55 bits per heavy atom. The molecule has 0 radical (unpaired) electrons. The van der Waals surface area contributed by atoms with Gasteiger partial charge < -0.3 is 5.32 Å². The van der Waals surface area contributed by atoms with Crippen LogP contribution in [0.4, 0.5) is 5.69 Å². The zero-order valence-electron chi connectivity index (χ0n) is 6.18. The molecule has 0 aliphatic rings. The lowest BCUT2D eigenvalue weighted by Crippen LogP contribution is -1.99. The van der Waals surface area contributed by atoms with Crippen molar-refractivity contribution in [3.05, 3.63) is 41.9 Å². The summed E-state index contributed by atoms with van der Waals surface area (Å²) in [4.78, 5) is 0. The molecule has 0 fully saturated rings. The van der Waals surface area contributed by atoms with Crippen LogP contribution < -0.4 is 5.32 Å². The van der Waals surface area contributed by atoms with Crippen LogP contribution in [-0.2, 0) is 0 Å². The molecule has 0 unspecified atom stereocenters. The third-order valence-corrected chi connectivity index (χ3v) is 1.39. The first-order valence-electron chi connectivity index (χ1n) is 3.41. The molecule has 0 saturated heterocycles. The lowest BCUT2D eigenvalue weighted by Gasteiger charge is -2.02. The van der Waals surface area contributed by atoms with Crippen LogP contribution in [0.1, 0.15) is 0 Å². The van der Waals surface area contributed by atoms with Crippen LogP contribution in [0.5, 0.6) is 0 Å². The Balaban J connectivity index is 2.45. The number of benzene rings is 1. The Labute approximate surface area is 71.7 Å². The van der Waals surface area contributed by atoms with Crippen molar-refractivity contribution in [3.63, 3.8) is 0 Å². The highest BCUT2D eigenvalue weighted by Gasteiger charge is 1.88. The van der Waals surface area contributed by atoms with Gasteiger partial charge in [-0.2, -0.15) is 0 Å². The Hall–Kier alpha value is -0.950. The van der Waals surface area contributed by atoms with E-state index in [1.807, 2.05) is 30.3 Å². The lowest BCUT2D eigenvalue weighted by molar-refractivity contribution is 1.32. The molecule has 11 heavy (non-hydrogen) atoms. The van der Waals surface area contributed by atoms with E-state index in [0.717, 1.165) is 5.69 Å². The van der Waals surface area contributed by atoms with Crippen LogP contribution in [0.3, 0.4) is 0 Å². The van der Waals surface area contributed by atoms with Crippen molar-refractivity contribution in [1.82, 2.24) is 0 Å². The second kappa shape index (κ2) is 4.04. The summed E-state index contributed by atoms with van der Waals surface area (Å²) in [6.45, 7) is 4.19. The van der Waals surface area contributed by atoms with E-state index in [-0.39, 0.29) is 0 Å². The minimum Gasteiger partial charge on any atom is -0.380 e. The van der Waals surface area contributed by atoms with E-state index in [4.69, 9.17) is 11.6 Å². The Morgan fingerprint density at radius 1 is 1.36 bits per heavy atom. The molecule has 1 aromatic rings. The van der Waals surface area contributed by atoms with Crippen LogP contribution in [0.15, 0.2) is 41.9 Å². The molecule has 0 heterocycles. The average molecular weight is 168 g/mol. The minimum atomic E-state index is 0.617. The van der Waals surface area contributed by atoms with Gasteiger partial charge in [0.1, 0.15) is 0 Å². The van der Waals surface area contributed by atoms with Gasteiger partial charge in [0.2, 0.25) is 0 Å². The Morgan fingerprint density at radius 2 is 2.00 bits per heavy atom. The molecule has 0 aliphatic heterocycles. The van der Waals surface area contributed by atoms with Crippen LogP contribution in [0.25, 0.3) is 0 Å². The Bertz CT molecular complexity index is 231. The smallest absolute Gasteiger partial charge is 0.0501 e. The number of rotatable bonds is 3. The molecule has 1 aromatic carbocycles. The summed E-state index contributed by atoms with van der Waals surface area (Å²) in [6, 6.07) is 9.89. The number of anilines is 1. The fraction of sp³-hybridized carbons (Fsp3) is 0.111. The summed E-state index contributed by atoms with van der Waals surface area (Å²) in [6.07, 6.45) is 0. The third-order valence-electron chi connectivity index (χ3n) is 1.26. The van der Waals surface area contributed by atoms with Crippen molar-refractivity contribution in [2.75, 3.05) is 11.9 Å². The fourth-order valence-electron chi connectivity index (χ4n) is 0.754. The molecular weight excluding hydrogens is 158 g/mol. The van der Waals surface area contributed by atoms with Gasteiger partial charge in [-0.25, -0.2) is 0 Å². The topological polar surface area (TPSA) is 12.0 Å². The number of hydrogen-bond donors (Lipinski definition) is 1. The molecule has 1 nitrogen and oxygen atoms in total. The molecular formula is C9H10ClN. The summed E-state index contributed by atoms with van der Waals surface area (Å²) in [7, 11) is 0. The van der Waals surface area contributed by atoms with Gasteiger partial charge in [0, 0.05) is 10.7 Å². The van der Waals surface area contributed by atoms with Gasteiger partial charge in [0.25, 0.3) is 0 Å². The molecule has 0 amide bonds. The van der Waals surface area contributed by atoms with Crippen molar-refractivity contribution in [2.24, 2.45) is 0 Å². The molecule has 0 bridgehead atoms. The second-order valence-corrected chi connectivity index (χ2v) is 2.77. The van der Waals surface area contributed by atoms with Gasteiger partial charge in [0.15, 0.2) is 0 Å². The van der Waals surface area contributed by atoms with Crippen molar-refractivity contribution in [1.29, 1.82) is 0 Å². The predicted molar refractivity (Wildman–Crippen MR) is 49.9 cm³/mol. The predicted octanol–water partition coefficient (Wildman–Crippen LogP) is 2.85. The van der Waals surface area contributed by atoms with Crippen LogP contribution in [0.2, 0.25) is 0 Å². The number of nitrogens with one attached hydrogen (secondary N) is 1. The zero-order valence-corrected chi connectivity index (χ0v) is 6.93. The fourth-order valence-corrected chi connectivity index (χ4v) is 0.821. The van der Waals surface area contributed by atoms with Gasteiger partial charge in [-0.3, -0.25) is 0 Å². The third kappa shape index (κ3) is 3.10. The maximum atomic E-state index is 5.57. The van der Waals surface area contributed by atoms with Crippen LogP contribution in [0, 0.1) is 0 Å². The molecule has 1 rings (SSSR count). The second-order valence-electron chi connectivity index (χ2n) is 2.24. The number of para-hydroxylation sites is 1. The van der Waals surface area contributed by atoms with Gasteiger partial charge in [-0.05, 0) is 12.1 Å². The van der Waals surface area contributed by atoms with Gasteiger partial charge >= 0.3 is 0 Å². The first kappa shape index (κ1) is 8.15. The van der Waals surface area contributed by atoms with E-state index in [9.17, 15) is 0 Å². The molecule has 0 aliphatic carbocycles. The number of halogens is 1. The van der Waals surface area contributed by atoms with E-state index in [2.05, 4.69) is 11.9 Å². The molecule has 0 aromatic heterocycles. The van der Waals surface area contributed by atoms with E-state index < -0.39 is 0 Å². The highest BCUT2D eigenvalue weighted by molar-refractivity contribution is 6.29. The maximum Gasteiger partial charge on any atom is 0.0501 e. The van der Waals surface area contributed by atoms with Crippen molar-refractivity contribution < 1.29 is 0 Å². The molecule has 58 valence electrons. The van der Waals surface area contributed by atoms with Gasteiger partial charge in [-0.15, -0.1) is 0 Å². The van der Waals surface area contributed by atoms with Gasteiger partial charge in [0.05, 0.1) is 6.54 Å². The van der Waals surface area contributed by atoms with E-state index in [1.54, 1.807) is 0 Å². The van der Waals surface area contributed by atoms with Crippen LogP contribution in [-0.4, -0.2) is 6.54 Å². The van der Waals surface area contributed by atoms with Crippen molar-refractivity contribution in [3.8, 4) is 0 Å². The van der Waals surface area contributed by atoms with Crippen LogP contribution >= 0.6 is 11.6 Å². The highest BCUT2D eigenvalue weighted by Crippen LogP contribution is 2.06. The zero-order chi connectivity index (χ0) is 8.10. The molecule has 2 heteroatoms. The number of hydrogen-bond acceptors (Lipinski definition) is 1. The van der Waals surface area contributed by atoms with E-state index >= 15 is 0 Å². The highest BCUT2D eigenvalue weighted by atomic mass is 35.5. The van der Waals surface area contributed by atoms with Crippen molar-refractivity contribution in [2.45, 2.75) is 0 Å². The standard InChI is InChI=1S/C9H10ClN/c1-8(10)7-11-9-5-3-2-4-6-9/h2-6,11H,1,7H2. The summed E-state index contributed by atoms with van der Waals surface area (Å²) in [5, 5.41) is 3.73. The average Bonchev–Trinajstić information content (AvgIpc) is 2.03. The SMILES string of the molecule is C=C(Cl)CNc1ccccc1. The van der Waals surface area contributed by atoms with Crippen molar-refractivity contribution >= 4 is 17.3 Å². The first-order valence-corrected chi connectivity index (χ1v) is 3.79. The largest absolute Gasteiger partial charge is 0.380 e. The minimum absolute atomic E-state index is 0.617.